The second-order valence-electron chi connectivity index (χ2n) is 4.45. The highest BCUT2D eigenvalue weighted by Gasteiger charge is 2.26. The number of aryl methyl sites for hydroxylation is 2. The van der Waals surface area contributed by atoms with Gasteiger partial charge in [0.05, 0.1) is 11.0 Å². The summed E-state index contributed by atoms with van der Waals surface area (Å²) in [5.74, 6) is -0.0683. The Morgan fingerprint density at radius 3 is 2.35 bits per heavy atom. The highest BCUT2D eigenvalue weighted by atomic mass is 16.3. The molecule has 2 aromatic heterocycles. The van der Waals surface area contributed by atoms with Crippen LogP contribution in [0.2, 0.25) is 0 Å². The number of fused-ring (bicyclic) bond motifs is 1. The lowest BCUT2D eigenvalue weighted by molar-refractivity contribution is -0.622. The average Bonchev–Trinajstić information content (AvgIpc) is 2.73. The predicted molar refractivity (Wildman–Crippen MR) is 61.6 cm³/mol. The predicted octanol–water partition coefficient (Wildman–Crippen LogP) is -0.140. The maximum Gasteiger partial charge on any atom is 0.281 e. The molecule has 4 nitrogen and oxygen atoms in total. The fourth-order valence-electron chi connectivity index (χ4n) is 2.21. The van der Waals surface area contributed by atoms with E-state index in [-0.39, 0.29) is 11.5 Å². The van der Waals surface area contributed by atoms with Crippen LogP contribution < -0.4 is 15.0 Å². The van der Waals surface area contributed by atoms with Crippen LogP contribution in [-0.2, 0) is 0 Å². The van der Waals surface area contributed by atoms with Gasteiger partial charge in [-0.15, -0.1) is 10.3 Å². The van der Waals surface area contributed by atoms with Crippen LogP contribution in [0.5, 0.6) is 0 Å². The van der Waals surface area contributed by atoms with Crippen LogP contribution in [0.3, 0.4) is 0 Å². The van der Waals surface area contributed by atoms with Crippen molar-refractivity contribution in [2.45, 2.75) is 34.6 Å². The highest BCUT2D eigenvalue weighted by molar-refractivity contribution is 5.90. The number of nitrogens with zero attached hydrogens (tertiary/aromatic N) is 2. The molecule has 2 heterocycles. The zero-order valence-corrected chi connectivity index (χ0v) is 10.8. The van der Waals surface area contributed by atoms with E-state index in [2.05, 4.69) is 0 Å². The third kappa shape index (κ3) is 1.44. The summed E-state index contributed by atoms with van der Waals surface area (Å²) in [7, 11) is 0. The van der Waals surface area contributed by atoms with Crippen molar-refractivity contribution in [2.24, 2.45) is 0 Å². The fraction of sp³-hybridized carbons (Fsp3) is 0.385. The first-order valence-corrected chi connectivity index (χ1v) is 5.58. The monoisotopic (exact) mass is 232 g/mol. The normalized spacial score (nSPS) is 13.2. The zero-order valence-electron chi connectivity index (χ0n) is 10.8. The van der Waals surface area contributed by atoms with Gasteiger partial charge in [0.1, 0.15) is 0 Å². The van der Waals surface area contributed by atoms with Gasteiger partial charge in [-0.1, -0.05) is 11.4 Å². The topological polar surface area (TPSA) is 48.6 Å². The molecule has 2 aromatic rings. The van der Waals surface area contributed by atoms with Gasteiger partial charge in [0.2, 0.25) is 11.5 Å². The summed E-state index contributed by atoms with van der Waals surface area (Å²) in [6.07, 6.45) is 0. The summed E-state index contributed by atoms with van der Waals surface area (Å²) >= 11 is 0. The highest BCUT2D eigenvalue weighted by Crippen LogP contribution is 2.09. The van der Waals surface area contributed by atoms with E-state index in [1.807, 2.05) is 29.8 Å². The number of ketones is 1. The smallest absolute Gasteiger partial charge is 0.281 e. The van der Waals surface area contributed by atoms with E-state index in [9.17, 15) is 9.90 Å². The Morgan fingerprint density at radius 1 is 1.29 bits per heavy atom. The van der Waals surface area contributed by atoms with E-state index < -0.39 is 0 Å². The molecular weight excluding hydrogens is 216 g/mol. The second kappa shape index (κ2) is 3.58. The van der Waals surface area contributed by atoms with Gasteiger partial charge in [-0.2, -0.15) is 0 Å². The summed E-state index contributed by atoms with van der Waals surface area (Å²) in [5.41, 5.74) is 3.67. The molecule has 0 atom stereocenters. The number of carbonyl (C=O) groups is 1. The number of Topliss-reactive ketones (excluding diaryl/α,β-unsaturated/α-hetero) is 1. The Labute approximate surface area is 99.8 Å². The van der Waals surface area contributed by atoms with Crippen LogP contribution in [0.1, 0.15) is 41.3 Å². The molecule has 0 aliphatic rings. The molecule has 0 aliphatic carbocycles. The van der Waals surface area contributed by atoms with Gasteiger partial charge in [0, 0.05) is 25.5 Å². The van der Waals surface area contributed by atoms with Gasteiger partial charge in [-0.3, -0.25) is 4.79 Å². The number of hydrogen-bond donors (Lipinski definition) is 0. The first-order chi connectivity index (χ1) is 7.86. The van der Waals surface area contributed by atoms with E-state index in [1.165, 1.54) is 13.8 Å². The molecule has 0 bridgehead atoms. The van der Waals surface area contributed by atoms with Crippen molar-refractivity contribution in [3.63, 3.8) is 0 Å². The molecule has 0 unspecified atom stereocenters. The van der Waals surface area contributed by atoms with Crippen molar-refractivity contribution in [1.82, 2.24) is 4.52 Å². The number of carbonyl (C=O) groups excluding carboxylic acids is 1. The lowest BCUT2D eigenvalue weighted by Gasteiger charge is -1.99. The maximum absolute atomic E-state index is 11.6. The summed E-state index contributed by atoms with van der Waals surface area (Å²) in [6, 6.07) is 1.67. The van der Waals surface area contributed by atoms with Gasteiger partial charge in [-0.05, 0) is 13.8 Å². The Bertz CT molecular complexity index is 676. The minimum atomic E-state index is -0.0342. The van der Waals surface area contributed by atoms with Crippen molar-refractivity contribution in [3.05, 3.63) is 34.1 Å². The van der Waals surface area contributed by atoms with Crippen LogP contribution >= 0.6 is 0 Å². The fourth-order valence-corrected chi connectivity index (χ4v) is 2.21. The zero-order chi connectivity index (χ0) is 12.9. The van der Waals surface area contributed by atoms with Crippen molar-refractivity contribution in [1.29, 1.82) is 0 Å². The van der Waals surface area contributed by atoms with E-state index in [1.54, 1.807) is 6.07 Å². The Balaban J connectivity index is 3.14. The SMILES string of the molecule is CC(=O)c1c/c(=C(\C)[O-])n2c(C)c(C)c(C)[n+]12. The van der Waals surface area contributed by atoms with Gasteiger partial charge < -0.3 is 5.11 Å². The third-order valence-electron chi connectivity index (χ3n) is 3.37. The van der Waals surface area contributed by atoms with Gasteiger partial charge in [-0.25, -0.2) is 0 Å². The third-order valence-corrected chi connectivity index (χ3v) is 3.37. The number of aromatic nitrogens is 2. The van der Waals surface area contributed by atoms with Crippen LogP contribution in [-0.4, -0.2) is 10.3 Å². The van der Waals surface area contributed by atoms with Crippen LogP contribution in [0.4, 0.5) is 0 Å². The van der Waals surface area contributed by atoms with Gasteiger partial charge in [0.25, 0.3) is 5.69 Å². The molecule has 17 heavy (non-hydrogen) atoms. The van der Waals surface area contributed by atoms with E-state index in [0.29, 0.717) is 11.0 Å². The maximum atomic E-state index is 11.6. The molecule has 4 heteroatoms. The summed E-state index contributed by atoms with van der Waals surface area (Å²) in [6.45, 7) is 8.95. The quantitative estimate of drug-likeness (QED) is 0.507. The molecule has 0 aliphatic heterocycles. The van der Waals surface area contributed by atoms with Gasteiger partial charge in [0.15, 0.2) is 0 Å². The Kier molecular flexibility index (Phi) is 2.45. The molecular formula is C13H16N2O2. The first kappa shape index (κ1) is 11.6. The minimum Gasteiger partial charge on any atom is -0.874 e. The lowest BCUT2D eigenvalue weighted by atomic mass is 10.2. The molecule has 0 saturated carbocycles. The number of rotatable bonds is 1. The van der Waals surface area contributed by atoms with Crippen molar-refractivity contribution >= 4 is 11.5 Å². The van der Waals surface area contributed by atoms with Crippen LogP contribution in [0.15, 0.2) is 6.07 Å². The lowest BCUT2D eigenvalue weighted by Crippen LogP contribution is -2.37. The van der Waals surface area contributed by atoms with Crippen molar-refractivity contribution in [2.75, 3.05) is 0 Å². The first-order valence-electron chi connectivity index (χ1n) is 5.58. The summed E-state index contributed by atoms with van der Waals surface area (Å²) in [4.78, 5) is 11.6. The average molecular weight is 232 g/mol. The van der Waals surface area contributed by atoms with Crippen molar-refractivity contribution in [3.8, 4) is 0 Å². The van der Waals surface area contributed by atoms with Crippen molar-refractivity contribution < 1.29 is 14.4 Å². The van der Waals surface area contributed by atoms with Crippen LogP contribution in [0.25, 0.3) is 5.76 Å². The second-order valence-corrected chi connectivity index (χ2v) is 4.45. The standard InChI is InChI=1S/C13H16N2O2/c1-7-8(2)14-12(10(4)16)6-13(11(5)17)15(14)9(7)3/h6H,1-5H3. The number of hydrogen-bond acceptors (Lipinski definition) is 2. The summed E-state index contributed by atoms with van der Waals surface area (Å²) < 4.78 is 3.65. The summed E-state index contributed by atoms with van der Waals surface area (Å²) in [5, 5.41) is 12.2. The van der Waals surface area contributed by atoms with Gasteiger partial charge >= 0.3 is 0 Å². The molecule has 0 saturated heterocycles. The Hall–Kier alpha value is -1.84. The molecule has 0 spiro atoms. The van der Waals surface area contributed by atoms with E-state index in [4.69, 9.17) is 0 Å². The van der Waals surface area contributed by atoms with E-state index >= 15 is 0 Å². The largest absolute Gasteiger partial charge is 0.874 e. The molecule has 2 rings (SSSR count). The molecule has 0 radical (unpaired) electrons. The molecule has 0 aromatic carbocycles. The molecule has 0 amide bonds. The molecule has 0 fully saturated rings. The Morgan fingerprint density at radius 2 is 1.88 bits per heavy atom. The van der Waals surface area contributed by atoms with Crippen LogP contribution in [0, 0.1) is 20.8 Å². The molecule has 90 valence electrons. The minimum absolute atomic E-state index is 0.0342. The van der Waals surface area contributed by atoms with E-state index in [0.717, 1.165) is 17.0 Å². The molecule has 0 N–H and O–H groups in total.